The molecule has 0 heterocycles. The Morgan fingerprint density at radius 3 is 2.45 bits per heavy atom. The minimum atomic E-state index is -3.36. The minimum Gasteiger partial charge on any atom is -0.461 e. The first-order chi connectivity index (χ1) is 9.15. The molecule has 0 fully saturated rings. The van der Waals surface area contributed by atoms with Gasteiger partial charge in [-0.25, -0.2) is 22.0 Å². The number of benzene rings is 1. The molecule has 0 spiro atoms. The SMILES string of the molecule is CC(C)S(=O)(=O)CCOC(=O)c1cc(N)c(F)cc1F. The number of sulfone groups is 1. The molecule has 0 aliphatic heterocycles. The maximum Gasteiger partial charge on any atom is 0.341 e. The zero-order chi connectivity index (χ0) is 15.5. The number of carbonyl (C=O) groups excluding carboxylic acids is 1. The highest BCUT2D eigenvalue weighted by Crippen LogP contribution is 2.17. The molecule has 112 valence electrons. The third kappa shape index (κ3) is 3.89. The molecule has 0 atom stereocenters. The van der Waals surface area contributed by atoms with Crippen molar-refractivity contribution in [2.45, 2.75) is 19.1 Å². The number of hydrogen-bond acceptors (Lipinski definition) is 5. The molecule has 0 unspecified atom stereocenters. The standard InChI is InChI=1S/C12H15F2NO4S/c1-7(2)20(17,18)4-3-19-12(16)8-5-11(15)10(14)6-9(8)13/h5-7H,3-4,15H2,1-2H3. The third-order valence-electron chi connectivity index (χ3n) is 2.63. The molecule has 5 nitrogen and oxygen atoms in total. The van der Waals surface area contributed by atoms with E-state index in [4.69, 9.17) is 5.73 Å². The fourth-order valence-corrected chi connectivity index (χ4v) is 2.07. The lowest BCUT2D eigenvalue weighted by atomic mass is 10.2. The molecule has 0 radical (unpaired) electrons. The van der Waals surface area contributed by atoms with E-state index in [2.05, 4.69) is 4.74 Å². The molecule has 0 aliphatic rings. The Morgan fingerprint density at radius 2 is 1.90 bits per heavy atom. The minimum absolute atomic E-state index is 0.366. The van der Waals surface area contributed by atoms with E-state index in [1.807, 2.05) is 0 Å². The summed E-state index contributed by atoms with van der Waals surface area (Å²) < 4.78 is 53.9. The lowest BCUT2D eigenvalue weighted by Crippen LogP contribution is -2.22. The Hall–Kier alpha value is -1.70. The fourth-order valence-electron chi connectivity index (χ4n) is 1.29. The van der Waals surface area contributed by atoms with Crippen molar-refractivity contribution >= 4 is 21.5 Å². The van der Waals surface area contributed by atoms with E-state index in [1.165, 1.54) is 13.8 Å². The molecule has 0 aromatic heterocycles. The average molecular weight is 307 g/mol. The number of esters is 1. The first-order valence-corrected chi connectivity index (χ1v) is 7.50. The van der Waals surface area contributed by atoms with Gasteiger partial charge in [-0.2, -0.15) is 0 Å². The van der Waals surface area contributed by atoms with Crippen molar-refractivity contribution < 1.29 is 26.7 Å². The van der Waals surface area contributed by atoms with Crippen LogP contribution in [0.25, 0.3) is 0 Å². The lowest BCUT2D eigenvalue weighted by molar-refractivity contribution is 0.0523. The molecule has 0 amide bonds. The van der Waals surface area contributed by atoms with Crippen LogP contribution in [0.15, 0.2) is 12.1 Å². The monoisotopic (exact) mass is 307 g/mol. The molecule has 0 saturated heterocycles. The van der Waals surface area contributed by atoms with E-state index in [0.717, 1.165) is 6.07 Å². The molecule has 0 bridgehead atoms. The molecule has 0 aliphatic carbocycles. The van der Waals surface area contributed by atoms with Crippen LogP contribution in [0.3, 0.4) is 0 Å². The van der Waals surface area contributed by atoms with Gasteiger partial charge in [-0.1, -0.05) is 0 Å². The summed E-state index contributed by atoms with van der Waals surface area (Å²) in [6, 6.07) is 1.28. The second-order valence-electron chi connectivity index (χ2n) is 4.41. The predicted octanol–water partition coefficient (Wildman–Crippen LogP) is 1.53. The molecule has 1 aromatic carbocycles. The number of halogens is 2. The van der Waals surface area contributed by atoms with E-state index in [0.29, 0.717) is 6.07 Å². The van der Waals surface area contributed by atoms with E-state index in [9.17, 15) is 22.0 Å². The zero-order valence-corrected chi connectivity index (χ0v) is 11.8. The number of ether oxygens (including phenoxy) is 1. The van der Waals surface area contributed by atoms with E-state index >= 15 is 0 Å². The van der Waals surface area contributed by atoms with Gasteiger partial charge in [0.05, 0.1) is 22.3 Å². The van der Waals surface area contributed by atoms with Crippen molar-refractivity contribution in [2.24, 2.45) is 0 Å². The average Bonchev–Trinajstić information content (AvgIpc) is 2.33. The van der Waals surface area contributed by atoms with Gasteiger partial charge in [0.25, 0.3) is 0 Å². The van der Waals surface area contributed by atoms with Crippen molar-refractivity contribution in [1.29, 1.82) is 0 Å². The number of carbonyl (C=O) groups is 1. The van der Waals surface area contributed by atoms with Gasteiger partial charge in [-0.05, 0) is 19.9 Å². The molecular formula is C12H15F2NO4S. The largest absolute Gasteiger partial charge is 0.461 e. The van der Waals surface area contributed by atoms with Gasteiger partial charge < -0.3 is 10.5 Å². The molecule has 1 rings (SSSR count). The van der Waals surface area contributed by atoms with Crippen LogP contribution in [0.5, 0.6) is 0 Å². The van der Waals surface area contributed by atoms with Gasteiger partial charge in [-0.3, -0.25) is 0 Å². The van der Waals surface area contributed by atoms with E-state index in [-0.39, 0.29) is 5.75 Å². The number of rotatable bonds is 5. The topological polar surface area (TPSA) is 86.5 Å². The van der Waals surface area contributed by atoms with Gasteiger partial charge in [0.1, 0.15) is 18.2 Å². The smallest absolute Gasteiger partial charge is 0.341 e. The summed E-state index contributed by atoms with van der Waals surface area (Å²) in [5.41, 5.74) is 4.29. The molecule has 2 N–H and O–H groups in total. The molecule has 0 saturated carbocycles. The first-order valence-electron chi connectivity index (χ1n) is 5.78. The normalized spacial score (nSPS) is 11.7. The van der Waals surface area contributed by atoms with Crippen LogP contribution in [0.4, 0.5) is 14.5 Å². The molecule has 20 heavy (non-hydrogen) atoms. The van der Waals surface area contributed by atoms with Crippen molar-refractivity contribution in [3.63, 3.8) is 0 Å². The van der Waals surface area contributed by atoms with Crippen LogP contribution < -0.4 is 5.73 Å². The third-order valence-corrected chi connectivity index (χ3v) is 4.80. The second-order valence-corrected chi connectivity index (χ2v) is 7.08. The Kier molecular flexibility index (Phi) is 5.04. The quantitative estimate of drug-likeness (QED) is 0.658. The Balaban J connectivity index is 2.72. The summed E-state index contributed by atoms with van der Waals surface area (Å²) in [6.45, 7) is 2.59. The fraction of sp³-hybridized carbons (Fsp3) is 0.417. The number of hydrogen-bond donors (Lipinski definition) is 1. The molecule has 8 heteroatoms. The van der Waals surface area contributed by atoms with Crippen LogP contribution in [-0.2, 0) is 14.6 Å². The van der Waals surface area contributed by atoms with Gasteiger partial charge in [-0.15, -0.1) is 0 Å². The summed E-state index contributed by atoms with van der Waals surface area (Å²) in [5.74, 6) is -3.56. The van der Waals surface area contributed by atoms with Crippen LogP contribution >= 0.6 is 0 Å². The van der Waals surface area contributed by atoms with Crippen LogP contribution in [-0.4, -0.2) is 32.0 Å². The highest BCUT2D eigenvalue weighted by atomic mass is 32.2. The number of nitrogens with two attached hydrogens (primary N) is 1. The maximum atomic E-state index is 13.4. The van der Waals surface area contributed by atoms with Crippen molar-refractivity contribution in [2.75, 3.05) is 18.1 Å². The van der Waals surface area contributed by atoms with Gasteiger partial charge in [0.2, 0.25) is 0 Å². The van der Waals surface area contributed by atoms with E-state index < -0.39 is 50.5 Å². The first kappa shape index (κ1) is 16.4. The lowest BCUT2D eigenvalue weighted by Gasteiger charge is -2.09. The van der Waals surface area contributed by atoms with Crippen LogP contribution in [0.2, 0.25) is 0 Å². The predicted molar refractivity (Wildman–Crippen MR) is 70.0 cm³/mol. The highest BCUT2D eigenvalue weighted by molar-refractivity contribution is 7.91. The number of nitrogen functional groups attached to an aromatic ring is 1. The van der Waals surface area contributed by atoms with Crippen molar-refractivity contribution in [1.82, 2.24) is 0 Å². The van der Waals surface area contributed by atoms with Crippen LogP contribution in [0, 0.1) is 11.6 Å². The van der Waals surface area contributed by atoms with E-state index in [1.54, 1.807) is 0 Å². The molecule has 1 aromatic rings. The number of anilines is 1. The zero-order valence-electron chi connectivity index (χ0n) is 11.0. The molecular weight excluding hydrogens is 292 g/mol. The Morgan fingerprint density at radius 1 is 1.30 bits per heavy atom. The summed E-state index contributed by atoms with van der Waals surface area (Å²) in [7, 11) is -3.36. The summed E-state index contributed by atoms with van der Waals surface area (Å²) >= 11 is 0. The van der Waals surface area contributed by atoms with Gasteiger partial charge >= 0.3 is 5.97 Å². The Bertz CT molecular complexity index is 614. The van der Waals surface area contributed by atoms with Gasteiger partial charge in [0.15, 0.2) is 9.84 Å². The Labute approximate surface area is 115 Å². The maximum absolute atomic E-state index is 13.4. The summed E-state index contributed by atoms with van der Waals surface area (Å²) in [5, 5.41) is -0.598. The summed E-state index contributed by atoms with van der Waals surface area (Å²) in [6.07, 6.45) is 0. The van der Waals surface area contributed by atoms with Crippen molar-refractivity contribution in [3.05, 3.63) is 29.3 Å². The van der Waals surface area contributed by atoms with Crippen LogP contribution in [0.1, 0.15) is 24.2 Å². The summed E-state index contributed by atoms with van der Waals surface area (Å²) in [4.78, 5) is 11.5. The highest BCUT2D eigenvalue weighted by Gasteiger charge is 2.19. The van der Waals surface area contributed by atoms with Crippen molar-refractivity contribution in [3.8, 4) is 0 Å². The second kappa shape index (κ2) is 6.17. The van der Waals surface area contributed by atoms with Gasteiger partial charge in [0, 0.05) is 6.07 Å².